The molecule has 0 saturated heterocycles. The highest BCUT2D eigenvalue weighted by Gasteiger charge is 2.22. The van der Waals surface area contributed by atoms with Crippen molar-refractivity contribution < 1.29 is 0 Å². The fourth-order valence-electron chi connectivity index (χ4n) is 2.70. The largest absolute Gasteiger partial charge is 0.370 e. The van der Waals surface area contributed by atoms with Crippen LogP contribution in [-0.2, 0) is 6.42 Å². The van der Waals surface area contributed by atoms with Crippen LogP contribution in [0.1, 0.15) is 32.8 Å². The van der Waals surface area contributed by atoms with Gasteiger partial charge in [0, 0.05) is 24.8 Å². The molecule has 0 bridgehead atoms. The minimum atomic E-state index is 0. The SMILES string of the molecule is CC(C)CCNC(N)=NCC(C)N1CCc2ccccc21.I. The summed E-state index contributed by atoms with van der Waals surface area (Å²) in [6.45, 7) is 9.34. The Morgan fingerprint density at radius 3 is 2.77 bits per heavy atom. The van der Waals surface area contributed by atoms with Gasteiger partial charge >= 0.3 is 0 Å². The lowest BCUT2D eigenvalue weighted by Crippen LogP contribution is -2.37. The predicted octanol–water partition coefficient (Wildman–Crippen LogP) is 3.01. The van der Waals surface area contributed by atoms with Crippen molar-refractivity contribution in [1.82, 2.24) is 5.32 Å². The number of hydrogen-bond donors (Lipinski definition) is 2. The average Bonchev–Trinajstić information content (AvgIpc) is 2.88. The Labute approximate surface area is 151 Å². The van der Waals surface area contributed by atoms with Crippen molar-refractivity contribution in [2.24, 2.45) is 16.6 Å². The molecule has 3 N–H and O–H groups in total. The Kier molecular flexibility index (Phi) is 8.00. The molecule has 1 aliphatic heterocycles. The van der Waals surface area contributed by atoms with Crippen LogP contribution in [0.2, 0.25) is 0 Å². The molecule has 1 atom stereocenters. The van der Waals surface area contributed by atoms with Crippen molar-refractivity contribution in [3.05, 3.63) is 29.8 Å². The Morgan fingerprint density at radius 1 is 1.32 bits per heavy atom. The van der Waals surface area contributed by atoms with Gasteiger partial charge in [0.25, 0.3) is 0 Å². The smallest absolute Gasteiger partial charge is 0.188 e. The quantitative estimate of drug-likeness (QED) is 0.426. The van der Waals surface area contributed by atoms with Crippen LogP contribution in [0.15, 0.2) is 29.3 Å². The van der Waals surface area contributed by atoms with Gasteiger partial charge in [-0.1, -0.05) is 32.0 Å². The van der Waals surface area contributed by atoms with Gasteiger partial charge in [-0.25, -0.2) is 0 Å². The number of rotatable bonds is 6. The maximum Gasteiger partial charge on any atom is 0.188 e. The van der Waals surface area contributed by atoms with Crippen molar-refractivity contribution in [3.8, 4) is 0 Å². The van der Waals surface area contributed by atoms with E-state index in [-0.39, 0.29) is 24.0 Å². The van der Waals surface area contributed by atoms with Crippen LogP contribution >= 0.6 is 24.0 Å². The van der Waals surface area contributed by atoms with E-state index in [0.29, 0.717) is 17.9 Å². The lowest BCUT2D eigenvalue weighted by Gasteiger charge is -2.26. The van der Waals surface area contributed by atoms with E-state index in [1.165, 1.54) is 11.3 Å². The minimum absolute atomic E-state index is 0. The van der Waals surface area contributed by atoms with Gasteiger partial charge in [-0.2, -0.15) is 0 Å². The number of nitrogens with zero attached hydrogens (tertiary/aromatic N) is 2. The summed E-state index contributed by atoms with van der Waals surface area (Å²) in [5, 5.41) is 3.19. The van der Waals surface area contributed by atoms with Crippen molar-refractivity contribution in [3.63, 3.8) is 0 Å². The molecule has 1 aromatic rings. The van der Waals surface area contributed by atoms with Crippen LogP contribution in [0, 0.1) is 5.92 Å². The molecular weight excluding hydrogens is 387 g/mol. The number of fused-ring (bicyclic) bond motifs is 1. The Hall–Kier alpha value is -0.980. The number of halogens is 1. The van der Waals surface area contributed by atoms with Gasteiger partial charge in [0.1, 0.15) is 0 Å². The first-order valence-electron chi connectivity index (χ1n) is 7.96. The maximum atomic E-state index is 5.92. The van der Waals surface area contributed by atoms with E-state index in [4.69, 9.17) is 5.73 Å². The third-order valence-electron chi connectivity index (χ3n) is 4.01. The number of guanidine groups is 1. The molecule has 0 aliphatic carbocycles. The molecule has 22 heavy (non-hydrogen) atoms. The lowest BCUT2D eigenvalue weighted by molar-refractivity contribution is 0.576. The van der Waals surface area contributed by atoms with Crippen molar-refractivity contribution in [2.75, 3.05) is 24.5 Å². The summed E-state index contributed by atoms with van der Waals surface area (Å²) in [6.07, 6.45) is 2.25. The zero-order chi connectivity index (χ0) is 15.2. The molecule has 5 heteroatoms. The summed E-state index contributed by atoms with van der Waals surface area (Å²) in [7, 11) is 0. The third-order valence-corrected chi connectivity index (χ3v) is 4.01. The molecule has 0 aromatic heterocycles. The van der Waals surface area contributed by atoms with Gasteiger partial charge < -0.3 is 16.0 Å². The molecule has 0 saturated carbocycles. The number of anilines is 1. The van der Waals surface area contributed by atoms with E-state index in [2.05, 4.69) is 60.2 Å². The highest BCUT2D eigenvalue weighted by molar-refractivity contribution is 14.0. The van der Waals surface area contributed by atoms with Crippen LogP contribution in [0.4, 0.5) is 5.69 Å². The molecule has 0 spiro atoms. The first kappa shape index (κ1) is 19.1. The summed E-state index contributed by atoms with van der Waals surface area (Å²) in [5.74, 6) is 1.25. The van der Waals surface area contributed by atoms with Gasteiger partial charge in [-0.05, 0) is 37.3 Å². The number of hydrogen-bond acceptors (Lipinski definition) is 2. The molecule has 124 valence electrons. The van der Waals surface area contributed by atoms with E-state index < -0.39 is 0 Å². The van der Waals surface area contributed by atoms with Gasteiger partial charge in [0.05, 0.1) is 6.54 Å². The average molecular weight is 416 g/mol. The summed E-state index contributed by atoms with van der Waals surface area (Å²) in [5.41, 5.74) is 8.72. The Morgan fingerprint density at radius 2 is 2.05 bits per heavy atom. The third kappa shape index (κ3) is 5.34. The predicted molar refractivity (Wildman–Crippen MR) is 106 cm³/mol. The zero-order valence-corrected chi connectivity index (χ0v) is 16.2. The second kappa shape index (κ2) is 9.22. The number of para-hydroxylation sites is 1. The highest BCUT2D eigenvalue weighted by atomic mass is 127. The molecule has 0 radical (unpaired) electrons. The number of nitrogens with two attached hydrogens (primary N) is 1. The molecule has 1 unspecified atom stereocenters. The molecule has 2 rings (SSSR count). The van der Waals surface area contributed by atoms with Crippen LogP contribution < -0.4 is 16.0 Å². The van der Waals surface area contributed by atoms with Crippen LogP contribution in [-0.4, -0.2) is 31.6 Å². The van der Waals surface area contributed by atoms with Crippen molar-refractivity contribution >= 4 is 35.6 Å². The summed E-state index contributed by atoms with van der Waals surface area (Å²) in [6, 6.07) is 9.01. The first-order chi connectivity index (χ1) is 10.1. The normalized spacial score (nSPS) is 15.5. The maximum absolute atomic E-state index is 5.92. The van der Waals surface area contributed by atoms with E-state index in [1.54, 1.807) is 0 Å². The van der Waals surface area contributed by atoms with Gasteiger partial charge in [-0.15, -0.1) is 24.0 Å². The molecule has 1 aromatic carbocycles. The van der Waals surface area contributed by atoms with E-state index >= 15 is 0 Å². The highest BCUT2D eigenvalue weighted by Crippen LogP contribution is 2.29. The van der Waals surface area contributed by atoms with Crippen molar-refractivity contribution in [2.45, 2.75) is 39.7 Å². The fourth-order valence-corrected chi connectivity index (χ4v) is 2.70. The lowest BCUT2D eigenvalue weighted by atomic mass is 10.1. The van der Waals surface area contributed by atoms with E-state index in [1.807, 2.05) is 0 Å². The molecule has 1 heterocycles. The first-order valence-corrected chi connectivity index (χ1v) is 7.96. The Bertz CT molecular complexity index is 487. The second-order valence-electron chi connectivity index (χ2n) is 6.26. The number of aliphatic imine (C=N–C) groups is 1. The topological polar surface area (TPSA) is 53.6 Å². The molecule has 0 amide bonds. The number of benzene rings is 1. The van der Waals surface area contributed by atoms with E-state index in [9.17, 15) is 0 Å². The molecule has 4 nitrogen and oxygen atoms in total. The van der Waals surface area contributed by atoms with Crippen molar-refractivity contribution in [1.29, 1.82) is 0 Å². The Balaban J connectivity index is 0.00000242. The summed E-state index contributed by atoms with van der Waals surface area (Å²) >= 11 is 0. The van der Waals surface area contributed by atoms with Crippen LogP contribution in [0.25, 0.3) is 0 Å². The fraction of sp³-hybridized carbons (Fsp3) is 0.588. The monoisotopic (exact) mass is 416 g/mol. The van der Waals surface area contributed by atoms with Gasteiger partial charge in [0.15, 0.2) is 5.96 Å². The van der Waals surface area contributed by atoms with Gasteiger partial charge in [0.2, 0.25) is 0 Å². The standard InChI is InChI=1S/C17H28N4.HI/c1-13(2)8-10-19-17(18)20-12-14(3)21-11-9-15-6-4-5-7-16(15)21;/h4-7,13-14H,8-12H2,1-3H3,(H3,18,19,20);1H. The van der Waals surface area contributed by atoms with Gasteiger partial charge in [-0.3, -0.25) is 4.99 Å². The summed E-state index contributed by atoms with van der Waals surface area (Å²) in [4.78, 5) is 6.91. The number of nitrogens with one attached hydrogen (secondary N) is 1. The second-order valence-corrected chi connectivity index (χ2v) is 6.26. The molecular formula is C17H29IN4. The van der Waals surface area contributed by atoms with E-state index in [0.717, 1.165) is 32.5 Å². The summed E-state index contributed by atoms with van der Waals surface area (Å²) < 4.78 is 0. The zero-order valence-electron chi connectivity index (χ0n) is 13.9. The molecule has 1 aliphatic rings. The minimum Gasteiger partial charge on any atom is -0.370 e. The molecule has 0 fully saturated rings. The van der Waals surface area contributed by atoms with Crippen LogP contribution in [0.5, 0.6) is 0 Å². The van der Waals surface area contributed by atoms with Crippen LogP contribution in [0.3, 0.4) is 0 Å².